The van der Waals surface area contributed by atoms with E-state index < -0.39 is 13.0 Å². The van der Waals surface area contributed by atoms with Gasteiger partial charge in [-0.1, -0.05) is 0 Å². The van der Waals surface area contributed by atoms with Gasteiger partial charge in [0, 0.05) is 28.9 Å². The Labute approximate surface area is 47.3 Å². The molecule has 1 rings (SSSR count). The molecule has 0 aliphatic carbocycles. The molecule has 2 atom stereocenters. The molecule has 0 bridgehead atoms. The quantitative estimate of drug-likeness (QED) is 0.444. The minimum Gasteiger partial charge on any atom is -0.314 e. The van der Waals surface area contributed by atoms with Crippen molar-refractivity contribution in [1.82, 2.24) is 10.2 Å². The van der Waals surface area contributed by atoms with Crippen LogP contribution in [0.3, 0.4) is 0 Å². The first-order valence-corrected chi connectivity index (χ1v) is 2.50. The van der Waals surface area contributed by atoms with Gasteiger partial charge in [0.1, 0.15) is 0 Å². The first kappa shape index (κ1) is 3.05. The Bertz CT molecular complexity index is 89.0. The molecule has 1 N–H and O–H groups in total. The van der Waals surface area contributed by atoms with Gasteiger partial charge in [0.15, 0.2) is 0 Å². The van der Waals surface area contributed by atoms with Gasteiger partial charge in [-0.05, 0) is 7.05 Å². The SMILES string of the molecule is [2H]C1NCCN(C)C1[2H]. The summed E-state index contributed by atoms with van der Waals surface area (Å²) < 4.78 is 14.6. The molecule has 1 heterocycles. The predicted molar refractivity (Wildman–Crippen MR) is 30.4 cm³/mol. The molecule has 0 amide bonds. The zero-order valence-corrected chi connectivity index (χ0v) is 4.52. The number of likely N-dealkylation sites (N-methyl/N-ethyl adjacent to an activating group) is 1. The Balaban J connectivity index is 2.41. The first-order valence-electron chi connectivity index (χ1n) is 3.65. The van der Waals surface area contributed by atoms with Crippen molar-refractivity contribution < 1.29 is 2.74 Å². The van der Waals surface area contributed by atoms with Gasteiger partial charge in [0.05, 0.1) is 0 Å². The van der Waals surface area contributed by atoms with Crippen LogP contribution in [0.5, 0.6) is 0 Å². The third kappa shape index (κ3) is 1.45. The molecule has 0 saturated carbocycles. The minimum atomic E-state index is -0.427. The van der Waals surface area contributed by atoms with Gasteiger partial charge in [0.2, 0.25) is 0 Å². The minimum absolute atomic E-state index is 0.390. The summed E-state index contributed by atoms with van der Waals surface area (Å²) in [4.78, 5) is 1.87. The smallest absolute Gasteiger partial charge is 0.0444 e. The number of nitrogens with one attached hydrogen (secondary N) is 1. The number of piperazine rings is 1. The van der Waals surface area contributed by atoms with Crippen molar-refractivity contribution in [3.05, 3.63) is 0 Å². The van der Waals surface area contributed by atoms with Crippen molar-refractivity contribution in [2.45, 2.75) is 0 Å². The van der Waals surface area contributed by atoms with Crippen LogP contribution in [0, 0.1) is 0 Å². The standard InChI is InChI=1S/C5H12N2/c1-7-4-2-6-3-5-7/h6H,2-5H2,1H3/i2D,4D. The lowest BCUT2D eigenvalue weighted by atomic mass is 10.4. The van der Waals surface area contributed by atoms with Gasteiger partial charge in [-0.15, -0.1) is 0 Å². The average Bonchev–Trinajstić information content (AvgIpc) is 1.83. The fraction of sp³-hybridized carbons (Fsp3) is 1.00. The Kier molecular flexibility index (Phi) is 0.995. The first-order chi connectivity index (χ1) is 4.22. The number of hydrogen-bond donors (Lipinski definition) is 1. The van der Waals surface area contributed by atoms with Crippen molar-refractivity contribution in [3.63, 3.8) is 0 Å². The monoisotopic (exact) mass is 102 g/mol. The molecule has 7 heavy (non-hydrogen) atoms. The Hall–Kier alpha value is -0.0800. The average molecular weight is 102 g/mol. The van der Waals surface area contributed by atoms with Crippen molar-refractivity contribution in [2.75, 3.05) is 33.2 Å². The molecule has 0 aromatic heterocycles. The molecule has 2 unspecified atom stereocenters. The third-order valence-electron chi connectivity index (χ3n) is 1.06. The van der Waals surface area contributed by atoms with Crippen LogP contribution in [-0.4, -0.2) is 38.1 Å². The summed E-state index contributed by atoms with van der Waals surface area (Å²) in [7, 11) is 1.88. The fourth-order valence-corrected chi connectivity index (χ4v) is 0.579. The highest BCUT2D eigenvalue weighted by Gasteiger charge is 2.01. The molecule has 1 fully saturated rings. The molecule has 2 nitrogen and oxygen atoms in total. The Morgan fingerprint density at radius 2 is 2.71 bits per heavy atom. The van der Waals surface area contributed by atoms with E-state index in [1.165, 1.54) is 0 Å². The van der Waals surface area contributed by atoms with E-state index in [1.54, 1.807) is 0 Å². The van der Waals surface area contributed by atoms with Gasteiger partial charge in [-0.2, -0.15) is 0 Å². The van der Waals surface area contributed by atoms with E-state index in [9.17, 15) is 0 Å². The summed E-state index contributed by atoms with van der Waals surface area (Å²) in [6, 6.07) is 0. The van der Waals surface area contributed by atoms with Crippen molar-refractivity contribution >= 4 is 0 Å². The highest BCUT2D eigenvalue weighted by molar-refractivity contribution is 4.62. The molecule has 1 aliphatic rings. The summed E-state index contributed by atoms with van der Waals surface area (Å²) in [6.45, 7) is 0.895. The fourth-order valence-electron chi connectivity index (χ4n) is 0.579. The summed E-state index contributed by atoms with van der Waals surface area (Å²) in [6.07, 6.45) is 0. The normalized spacial score (nSPS) is 50.4. The van der Waals surface area contributed by atoms with Crippen LogP contribution in [0.1, 0.15) is 2.74 Å². The summed E-state index contributed by atoms with van der Waals surface area (Å²) in [5.74, 6) is 0. The summed E-state index contributed by atoms with van der Waals surface area (Å²) >= 11 is 0. The maximum atomic E-state index is 7.36. The lowest BCUT2D eigenvalue weighted by Crippen LogP contribution is -2.40. The van der Waals surface area contributed by atoms with Gasteiger partial charge in [0.25, 0.3) is 0 Å². The van der Waals surface area contributed by atoms with E-state index in [1.807, 2.05) is 11.9 Å². The van der Waals surface area contributed by atoms with Gasteiger partial charge in [-0.3, -0.25) is 0 Å². The van der Waals surface area contributed by atoms with Gasteiger partial charge >= 0.3 is 0 Å². The lowest BCUT2D eigenvalue weighted by molar-refractivity contribution is 0.291. The van der Waals surface area contributed by atoms with Crippen molar-refractivity contribution in [1.29, 1.82) is 0 Å². The van der Waals surface area contributed by atoms with Gasteiger partial charge in [-0.25, -0.2) is 0 Å². The maximum Gasteiger partial charge on any atom is 0.0444 e. The molecular formula is C5H12N2. The number of hydrogen-bond acceptors (Lipinski definition) is 2. The largest absolute Gasteiger partial charge is 0.314 e. The van der Waals surface area contributed by atoms with Crippen LogP contribution in [-0.2, 0) is 0 Å². The van der Waals surface area contributed by atoms with E-state index in [4.69, 9.17) is 2.74 Å². The topological polar surface area (TPSA) is 15.3 Å². The Morgan fingerprint density at radius 3 is 3.29 bits per heavy atom. The Morgan fingerprint density at radius 1 is 1.86 bits per heavy atom. The van der Waals surface area contributed by atoms with Crippen LogP contribution in [0.2, 0.25) is 0 Å². The van der Waals surface area contributed by atoms with E-state index in [2.05, 4.69) is 5.32 Å². The molecule has 1 aliphatic heterocycles. The lowest BCUT2D eigenvalue weighted by Gasteiger charge is -2.21. The van der Waals surface area contributed by atoms with E-state index in [-0.39, 0.29) is 0 Å². The van der Waals surface area contributed by atoms with Crippen molar-refractivity contribution in [3.8, 4) is 0 Å². The highest BCUT2D eigenvalue weighted by atomic mass is 15.2. The maximum absolute atomic E-state index is 7.36. The molecule has 2 heteroatoms. The van der Waals surface area contributed by atoms with Crippen LogP contribution >= 0.6 is 0 Å². The van der Waals surface area contributed by atoms with Crippen LogP contribution < -0.4 is 5.32 Å². The van der Waals surface area contributed by atoms with Crippen LogP contribution in [0.25, 0.3) is 0 Å². The highest BCUT2D eigenvalue weighted by Crippen LogP contribution is 1.82. The molecule has 42 valence electrons. The molecule has 0 aromatic carbocycles. The molecule has 0 aromatic rings. The number of rotatable bonds is 0. The third-order valence-corrected chi connectivity index (χ3v) is 1.06. The zero-order chi connectivity index (χ0) is 6.85. The molecule has 0 radical (unpaired) electrons. The van der Waals surface area contributed by atoms with E-state index in [0.29, 0.717) is 0 Å². The summed E-state index contributed by atoms with van der Waals surface area (Å²) in [5, 5.41) is 2.90. The summed E-state index contributed by atoms with van der Waals surface area (Å²) in [5.41, 5.74) is 0. The van der Waals surface area contributed by atoms with E-state index >= 15 is 0 Å². The zero-order valence-electron chi connectivity index (χ0n) is 6.52. The second-order valence-electron chi connectivity index (χ2n) is 1.75. The second kappa shape index (κ2) is 2.28. The number of nitrogens with zero attached hydrogens (tertiary/aromatic N) is 1. The van der Waals surface area contributed by atoms with Gasteiger partial charge < -0.3 is 10.2 Å². The molecular weight excluding hydrogens is 88.1 g/mol. The van der Waals surface area contributed by atoms with E-state index in [0.717, 1.165) is 13.1 Å². The van der Waals surface area contributed by atoms with Crippen LogP contribution in [0.4, 0.5) is 0 Å². The molecule has 1 saturated heterocycles. The van der Waals surface area contributed by atoms with Crippen LogP contribution in [0.15, 0.2) is 0 Å². The predicted octanol–water partition coefficient (Wildman–Crippen LogP) is -0.479. The van der Waals surface area contributed by atoms with Crippen molar-refractivity contribution in [2.24, 2.45) is 0 Å². The molecule has 0 spiro atoms. The second-order valence-corrected chi connectivity index (χ2v) is 1.75.